The van der Waals surface area contributed by atoms with Crippen LogP contribution in [0, 0.1) is 17.5 Å². The van der Waals surface area contributed by atoms with Gasteiger partial charge in [-0.3, -0.25) is 9.59 Å². The Labute approximate surface area is 167 Å². The number of primary amides is 1. The van der Waals surface area contributed by atoms with E-state index in [4.69, 9.17) is 14.3 Å². The van der Waals surface area contributed by atoms with E-state index in [0.717, 1.165) is 6.07 Å². The minimum Gasteiger partial charge on any atom is -0.480 e. The third-order valence-corrected chi connectivity index (χ3v) is 3.18. The van der Waals surface area contributed by atoms with Gasteiger partial charge in [-0.25, -0.2) is 13.6 Å². The number of benzene rings is 1. The van der Waals surface area contributed by atoms with Gasteiger partial charge < -0.3 is 20.5 Å². The van der Waals surface area contributed by atoms with Gasteiger partial charge in [-0.2, -0.15) is 4.39 Å². The van der Waals surface area contributed by atoms with Gasteiger partial charge in [0.1, 0.15) is 12.2 Å². The second kappa shape index (κ2) is 13.4. The lowest BCUT2D eigenvalue weighted by atomic mass is 10.1. The van der Waals surface area contributed by atoms with E-state index in [9.17, 15) is 22.8 Å². The lowest BCUT2D eigenvalue weighted by molar-refractivity contribution is -0.121. The highest BCUT2D eigenvalue weighted by Gasteiger charge is 2.17. The number of amides is 2. The largest absolute Gasteiger partial charge is 0.480 e. The molecule has 0 heterocycles. The van der Waals surface area contributed by atoms with Gasteiger partial charge in [0.05, 0.1) is 0 Å². The molecule has 164 valence electrons. The number of alkyl carbamates (subject to hydrolysis) is 1. The summed E-state index contributed by atoms with van der Waals surface area (Å²) in [4.78, 5) is 31.7. The third-order valence-electron chi connectivity index (χ3n) is 3.18. The smallest absolute Gasteiger partial charge is 0.407 e. The number of carbonyl (C=O) groups excluding carboxylic acids is 3. The first-order valence-corrected chi connectivity index (χ1v) is 8.92. The number of ketones is 1. The molecule has 0 bridgehead atoms. The molecule has 0 spiro atoms. The summed E-state index contributed by atoms with van der Waals surface area (Å²) in [5.41, 5.74) is 3.61. The van der Waals surface area contributed by atoms with Crippen LogP contribution < -0.4 is 15.8 Å². The standard InChI is InChI=1S/C18H24F3NO4.CH3NO/c1-18(2,3)26-17(24)22-10-6-4-5-7-12(23)11-25-16-14(20)9-8-13(19)15(16)21;2-1-3/h8-9H,4-7,10-11H2,1-3H3,(H,22,24);1H,(H2,2,3). The average Bonchev–Trinajstić information content (AvgIpc) is 2.60. The molecular weight excluding hydrogens is 393 g/mol. The fraction of sp³-hybridized carbons (Fsp3) is 0.526. The Balaban J connectivity index is 0.00000245. The van der Waals surface area contributed by atoms with Gasteiger partial charge in [0.15, 0.2) is 23.2 Å². The molecule has 0 saturated carbocycles. The van der Waals surface area contributed by atoms with E-state index in [2.05, 4.69) is 11.1 Å². The first-order chi connectivity index (χ1) is 13.5. The number of nitrogens with one attached hydrogen (secondary N) is 1. The number of rotatable bonds is 9. The molecule has 0 atom stereocenters. The zero-order valence-corrected chi connectivity index (χ0v) is 16.7. The van der Waals surface area contributed by atoms with Gasteiger partial charge in [0.25, 0.3) is 0 Å². The van der Waals surface area contributed by atoms with Crippen molar-refractivity contribution in [2.75, 3.05) is 13.2 Å². The molecule has 0 radical (unpaired) electrons. The highest BCUT2D eigenvalue weighted by Crippen LogP contribution is 2.23. The zero-order valence-electron chi connectivity index (χ0n) is 16.7. The number of hydrogen-bond donors (Lipinski definition) is 2. The van der Waals surface area contributed by atoms with Crippen LogP contribution in [0.2, 0.25) is 0 Å². The van der Waals surface area contributed by atoms with Crippen molar-refractivity contribution < 1.29 is 37.0 Å². The van der Waals surface area contributed by atoms with Crippen LogP contribution in [0.15, 0.2) is 12.1 Å². The number of hydrogen-bond acceptors (Lipinski definition) is 5. The Bertz CT molecular complexity index is 679. The van der Waals surface area contributed by atoms with Crippen molar-refractivity contribution in [3.8, 4) is 5.75 Å². The molecule has 0 unspecified atom stereocenters. The topological polar surface area (TPSA) is 108 Å². The summed E-state index contributed by atoms with van der Waals surface area (Å²) >= 11 is 0. The van der Waals surface area contributed by atoms with Crippen LogP contribution in [0.5, 0.6) is 5.75 Å². The van der Waals surface area contributed by atoms with E-state index >= 15 is 0 Å². The van der Waals surface area contributed by atoms with Gasteiger partial charge in [-0.1, -0.05) is 6.42 Å². The Hall–Kier alpha value is -2.78. The van der Waals surface area contributed by atoms with Crippen LogP contribution in [0.3, 0.4) is 0 Å². The number of nitrogens with two attached hydrogens (primary N) is 1. The predicted octanol–water partition coefficient (Wildman–Crippen LogP) is 3.24. The SMILES string of the molecule is CC(C)(C)OC(=O)NCCCCCC(=O)COc1c(F)ccc(F)c1F.NC=O. The van der Waals surface area contributed by atoms with Crippen molar-refractivity contribution in [1.82, 2.24) is 5.32 Å². The van der Waals surface area contributed by atoms with Crippen LogP contribution in [0.1, 0.15) is 46.5 Å². The number of unbranched alkanes of at least 4 members (excludes halogenated alkanes) is 2. The molecular formula is C19H27F3N2O5. The number of halogens is 3. The van der Waals surface area contributed by atoms with Crippen molar-refractivity contribution in [1.29, 1.82) is 0 Å². The van der Waals surface area contributed by atoms with Crippen molar-refractivity contribution in [3.63, 3.8) is 0 Å². The summed E-state index contributed by atoms with van der Waals surface area (Å²) in [6, 6.07) is 1.38. The van der Waals surface area contributed by atoms with Gasteiger partial charge in [0, 0.05) is 13.0 Å². The fourth-order valence-corrected chi connectivity index (χ4v) is 1.99. The van der Waals surface area contributed by atoms with Crippen molar-refractivity contribution in [2.24, 2.45) is 5.73 Å². The molecule has 0 aromatic heterocycles. The van der Waals surface area contributed by atoms with Gasteiger partial charge >= 0.3 is 6.09 Å². The minimum absolute atomic E-state index is 0.158. The van der Waals surface area contributed by atoms with E-state index in [0.29, 0.717) is 31.9 Å². The van der Waals surface area contributed by atoms with Crippen LogP contribution >= 0.6 is 0 Å². The van der Waals surface area contributed by atoms with E-state index in [1.807, 2.05) is 0 Å². The van der Waals surface area contributed by atoms with Crippen LogP contribution in [-0.2, 0) is 14.3 Å². The van der Waals surface area contributed by atoms with Gasteiger partial charge in [-0.15, -0.1) is 0 Å². The lowest BCUT2D eigenvalue weighted by Gasteiger charge is -2.19. The van der Waals surface area contributed by atoms with Gasteiger partial charge in [0.2, 0.25) is 12.2 Å². The van der Waals surface area contributed by atoms with Crippen molar-refractivity contribution in [2.45, 2.75) is 52.1 Å². The first-order valence-electron chi connectivity index (χ1n) is 8.92. The molecule has 0 saturated heterocycles. The molecule has 2 amide bonds. The second-order valence-electron chi connectivity index (χ2n) is 6.88. The monoisotopic (exact) mass is 420 g/mol. The molecule has 0 fully saturated rings. The second-order valence-corrected chi connectivity index (χ2v) is 6.88. The number of ether oxygens (including phenoxy) is 2. The van der Waals surface area contributed by atoms with Crippen molar-refractivity contribution >= 4 is 18.3 Å². The molecule has 0 aliphatic rings. The number of Topliss-reactive ketones (excluding diaryl/α,β-unsaturated/α-hetero) is 1. The normalized spacial score (nSPS) is 10.4. The molecule has 1 aromatic rings. The molecule has 3 N–H and O–H groups in total. The van der Waals surface area contributed by atoms with Crippen LogP contribution in [-0.4, -0.2) is 37.0 Å². The maximum Gasteiger partial charge on any atom is 0.407 e. The summed E-state index contributed by atoms with van der Waals surface area (Å²) in [5, 5.41) is 2.60. The van der Waals surface area contributed by atoms with E-state index < -0.39 is 41.5 Å². The van der Waals surface area contributed by atoms with E-state index in [1.54, 1.807) is 20.8 Å². The molecule has 29 heavy (non-hydrogen) atoms. The quantitative estimate of drug-likeness (QED) is 0.362. The fourth-order valence-electron chi connectivity index (χ4n) is 1.99. The van der Waals surface area contributed by atoms with E-state index in [1.165, 1.54) is 0 Å². The summed E-state index contributed by atoms with van der Waals surface area (Å²) in [6.45, 7) is 5.18. The Morgan fingerprint density at radius 2 is 1.69 bits per heavy atom. The molecule has 1 aromatic carbocycles. The summed E-state index contributed by atoms with van der Waals surface area (Å²) in [6.07, 6.45) is 1.77. The molecule has 0 aliphatic heterocycles. The maximum atomic E-state index is 13.4. The highest BCUT2D eigenvalue weighted by atomic mass is 19.2. The maximum absolute atomic E-state index is 13.4. The molecule has 7 nitrogen and oxygen atoms in total. The molecule has 0 aliphatic carbocycles. The third kappa shape index (κ3) is 12.3. The van der Waals surface area contributed by atoms with Crippen LogP contribution in [0.25, 0.3) is 0 Å². The molecule has 10 heteroatoms. The Kier molecular flexibility index (Phi) is 12.1. The van der Waals surface area contributed by atoms with Crippen LogP contribution in [0.4, 0.5) is 18.0 Å². The van der Waals surface area contributed by atoms with E-state index in [-0.39, 0.29) is 18.6 Å². The Morgan fingerprint density at radius 1 is 1.10 bits per heavy atom. The lowest BCUT2D eigenvalue weighted by Crippen LogP contribution is -2.33. The summed E-state index contributed by atoms with van der Waals surface area (Å²) < 4.78 is 49.6. The average molecular weight is 420 g/mol. The van der Waals surface area contributed by atoms with Gasteiger partial charge in [-0.05, 0) is 45.7 Å². The summed E-state index contributed by atoms with van der Waals surface area (Å²) in [5.74, 6) is -5.00. The Morgan fingerprint density at radius 3 is 2.28 bits per heavy atom. The van der Waals surface area contributed by atoms with Crippen molar-refractivity contribution in [3.05, 3.63) is 29.6 Å². The predicted molar refractivity (Wildman–Crippen MR) is 99.8 cm³/mol. The summed E-state index contributed by atoms with van der Waals surface area (Å²) in [7, 11) is 0. The zero-order chi connectivity index (χ0) is 22.4. The molecule has 1 rings (SSSR count). The first kappa shape index (κ1) is 26.2. The highest BCUT2D eigenvalue weighted by molar-refractivity contribution is 5.79. The number of carbonyl (C=O) groups is 3. The minimum atomic E-state index is -1.45.